The number of aromatic hydroxyl groups is 1. The molecule has 0 bridgehead atoms. The van der Waals surface area contributed by atoms with Crippen LogP contribution < -0.4 is 5.56 Å². The summed E-state index contributed by atoms with van der Waals surface area (Å²) < 4.78 is 0. The van der Waals surface area contributed by atoms with Crippen LogP contribution in [0.15, 0.2) is 9.95 Å². The zero-order chi connectivity index (χ0) is 9.14. The predicted molar refractivity (Wildman–Crippen MR) is 47.7 cm³/mol. The highest BCUT2D eigenvalue weighted by molar-refractivity contribution is 7.98. The summed E-state index contributed by atoms with van der Waals surface area (Å²) in [5, 5.41) is 9.70. The number of nitrogens with one attached hydrogen (secondary N) is 1. The van der Waals surface area contributed by atoms with Crippen LogP contribution in [-0.2, 0) is 6.42 Å². The molecule has 0 aromatic carbocycles. The standard InChI is InChI=1S/C7H10N2O2S/c1-3-4-5(10)8-7(12-2)9-6(4)11/h3H2,1-2H3,(H2,8,9,10,11). The summed E-state index contributed by atoms with van der Waals surface area (Å²) in [6.07, 6.45) is 2.27. The second-order valence-corrected chi connectivity index (χ2v) is 3.03. The minimum Gasteiger partial charge on any atom is -0.493 e. The molecular weight excluding hydrogens is 176 g/mol. The van der Waals surface area contributed by atoms with Gasteiger partial charge in [0.05, 0.1) is 5.56 Å². The first kappa shape index (κ1) is 9.12. The maximum Gasteiger partial charge on any atom is 0.258 e. The molecule has 1 heterocycles. The molecule has 4 nitrogen and oxygen atoms in total. The van der Waals surface area contributed by atoms with Gasteiger partial charge < -0.3 is 10.1 Å². The maximum atomic E-state index is 11.2. The van der Waals surface area contributed by atoms with E-state index in [0.29, 0.717) is 17.1 Å². The first-order valence-corrected chi connectivity index (χ1v) is 4.77. The van der Waals surface area contributed by atoms with Gasteiger partial charge in [-0.25, -0.2) is 0 Å². The molecule has 0 atom stereocenters. The van der Waals surface area contributed by atoms with E-state index in [-0.39, 0.29) is 11.4 Å². The van der Waals surface area contributed by atoms with Crippen LogP contribution in [0.1, 0.15) is 12.5 Å². The molecule has 0 aliphatic carbocycles. The normalized spacial score (nSPS) is 10.2. The maximum absolute atomic E-state index is 11.2. The quantitative estimate of drug-likeness (QED) is 0.528. The minimum absolute atomic E-state index is 0.161. The Labute approximate surface area is 74.0 Å². The fourth-order valence-corrected chi connectivity index (χ4v) is 1.25. The van der Waals surface area contributed by atoms with Crippen LogP contribution in [0.25, 0.3) is 0 Å². The SMILES string of the molecule is CCc1c(O)nc(SC)[nH]c1=O. The first-order chi connectivity index (χ1) is 5.69. The Morgan fingerprint density at radius 3 is 2.75 bits per heavy atom. The highest BCUT2D eigenvalue weighted by Crippen LogP contribution is 2.13. The Hall–Kier alpha value is -0.970. The molecule has 1 rings (SSSR count). The summed E-state index contributed by atoms with van der Waals surface area (Å²) in [4.78, 5) is 17.5. The third-order valence-corrected chi connectivity index (χ3v) is 2.10. The molecule has 12 heavy (non-hydrogen) atoms. The van der Waals surface area contributed by atoms with E-state index in [2.05, 4.69) is 9.97 Å². The molecule has 66 valence electrons. The van der Waals surface area contributed by atoms with Gasteiger partial charge in [-0.3, -0.25) is 4.79 Å². The smallest absolute Gasteiger partial charge is 0.258 e. The van der Waals surface area contributed by atoms with E-state index >= 15 is 0 Å². The topological polar surface area (TPSA) is 66.0 Å². The molecule has 0 aliphatic heterocycles. The number of thioether (sulfide) groups is 1. The van der Waals surface area contributed by atoms with Gasteiger partial charge >= 0.3 is 0 Å². The summed E-state index contributed by atoms with van der Waals surface area (Å²) in [7, 11) is 0. The van der Waals surface area contributed by atoms with Gasteiger partial charge in [0, 0.05) is 0 Å². The average Bonchev–Trinajstić information content (AvgIpc) is 2.03. The zero-order valence-electron chi connectivity index (χ0n) is 6.92. The fourth-order valence-electron chi connectivity index (χ4n) is 0.881. The number of aromatic nitrogens is 2. The van der Waals surface area contributed by atoms with Gasteiger partial charge in [0.25, 0.3) is 5.56 Å². The van der Waals surface area contributed by atoms with Gasteiger partial charge in [-0.2, -0.15) is 4.98 Å². The Morgan fingerprint density at radius 2 is 2.33 bits per heavy atom. The third kappa shape index (κ3) is 1.61. The number of H-pyrrole nitrogens is 1. The van der Waals surface area contributed by atoms with Crippen molar-refractivity contribution in [3.63, 3.8) is 0 Å². The van der Waals surface area contributed by atoms with E-state index in [0.717, 1.165) is 0 Å². The van der Waals surface area contributed by atoms with Crippen molar-refractivity contribution in [2.75, 3.05) is 6.26 Å². The van der Waals surface area contributed by atoms with Gasteiger partial charge in [-0.1, -0.05) is 18.7 Å². The van der Waals surface area contributed by atoms with Crippen molar-refractivity contribution in [2.45, 2.75) is 18.5 Å². The predicted octanol–water partition coefficient (Wildman–Crippen LogP) is 0.760. The molecule has 5 heteroatoms. The van der Waals surface area contributed by atoms with Gasteiger partial charge in [-0.15, -0.1) is 0 Å². The van der Waals surface area contributed by atoms with Gasteiger partial charge in [0.1, 0.15) is 0 Å². The molecule has 1 aromatic rings. The molecule has 2 N–H and O–H groups in total. The lowest BCUT2D eigenvalue weighted by Crippen LogP contribution is -2.13. The van der Waals surface area contributed by atoms with Crippen LogP contribution in [0.2, 0.25) is 0 Å². The van der Waals surface area contributed by atoms with Crippen LogP contribution in [0, 0.1) is 0 Å². The second kappa shape index (κ2) is 3.62. The third-order valence-electron chi connectivity index (χ3n) is 1.52. The van der Waals surface area contributed by atoms with Crippen LogP contribution in [0.5, 0.6) is 5.88 Å². The summed E-state index contributed by atoms with van der Waals surface area (Å²) in [5.41, 5.74) is 0.0853. The highest BCUT2D eigenvalue weighted by Gasteiger charge is 2.06. The largest absolute Gasteiger partial charge is 0.493 e. The molecule has 0 unspecified atom stereocenters. The Morgan fingerprint density at radius 1 is 1.67 bits per heavy atom. The van der Waals surface area contributed by atoms with E-state index in [1.54, 1.807) is 13.2 Å². The van der Waals surface area contributed by atoms with Crippen molar-refractivity contribution in [2.24, 2.45) is 0 Å². The van der Waals surface area contributed by atoms with Crippen molar-refractivity contribution in [3.05, 3.63) is 15.9 Å². The molecule has 0 saturated heterocycles. The Balaban J connectivity index is 3.28. The summed E-state index contributed by atoms with van der Waals surface area (Å²) >= 11 is 1.29. The summed E-state index contributed by atoms with van der Waals surface area (Å²) in [6, 6.07) is 0. The average molecular weight is 186 g/mol. The lowest BCUT2D eigenvalue weighted by molar-refractivity contribution is 0.436. The Kier molecular flexibility index (Phi) is 2.75. The molecular formula is C7H10N2O2S. The molecule has 0 fully saturated rings. The number of rotatable bonds is 2. The van der Waals surface area contributed by atoms with Crippen molar-refractivity contribution < 1.29 is 5.11 Å². The molecule has 0 saturated carbocycles. The van der Waals surface area contributed by atoms with Crippen molar-refractivity contribution in [3.8, 4) is 5.88 Å². The van der Waals surface area contributed by atoms with Crippen LogP contribution in [0.3, 0.4) is 0 Å². The number of hydrogen-bond donors (Lipinski definition) is 2. The highest BCUT2D eigenvalue weighted by atomic mass is 32.2. The zero-order valence-corrected chi connectivity index (χ0v) is 7.73. The van der Waals surface area contributed by atoms with Gasteiger partial charge in [0.15, 0.2) is 5.16 Å². The summed E-state index contributed by atoms with van der Waals surface area (Å²) in [6.45, 7) is 1.80. The van der Waals surface area contributed by atoms with E-state index in [9.17, 15) is 9.90 Å². The minimum atomic E-state index is -0.255. The van der Waals surface area contributed by atoms with E-state index in [4.69, 9.17) is 0 Å². The monoisotopic (exact) mass is 186 g/mol. The number of nitrogens with zero attached hydrogens (tertiary/aromatic N) is 1. The Bertz CT molecular complexity index is 335. The molecule has 0 radical (unpaired) electrons. The fraction of sp³-hybridized carbons (Fsp3) is 0.429. The van der Waals surface area contributed by atoms with Crippen molar-refractivity contribution in [1.29, 1.82) is 0 Å². The second-order valence-electron chi connectivity index (χ2n) is 2.23. The summed E-state index contributed by atoms with van der Waals surface area (Å²) in [5.74, 6) is -0.161. The van der Waals surface area contributed by atoms with Crippen LogP contribution in [0.4, 0.5) is 0 Å². The lowest BCUT2D eigenvalue weighted by atomic mass is 10.2. The van der Waals surface area contributed by atoms with E-state index in [1.807, 2.05) is 0 Å². The first-order valence-electron chi connectivity index (χ1n) is 3.55. The van der Waals surface area contributed by atoms with Gasteiger partial charge in [-0.05, 0) is 12.7 Å². The van der Waals surface area contributed by atoms with Crippen molar-refractivity contribution in [1.82, 2.24) is 9.97 Å². The molecule has 0 spiro atoms. The molecule has 0 amide bonds. The van der Waals surface area contributed by atoms with Gasteiger partial charge in [0.2, 0.25) is 5.88 Å². The van der Waals surface area contributed by atoms with E-state index in [1.165, 1.54) is 11.8 Å². The number of hydrogen-bond acceptors (Lipinski definition) is 4. The van der Waals surface area contributed by atoms with Crippen molar-refractivity contribution >= 4 is 11.8 Å². The van der Waals surface area contributed by atoms with Crippen LogP contribution in [-0.4, -0.2) is 21.3 Å². The molecule has 0 aliphatic rings. The lowest BCUT2D eigenvalue weighted by Gasteiger charge is -2.00. The number of aromatic amines is 1. The van der Waals surface area contributed by atoms with Crippen LogP contribution >= 0.6 is 11.8 Å². The van der Waals surface area contributed by atoms with E-state index < -0.39 is 0 Å². The molecule has 1 aromatic heterocycles.